The third-order valence-corrected chi connectivity index (χ3v) is 4.63. The fraction of sp³-hybridized carbons (Fsp3) is 0.667. The van der Waals surface area contributed by atoms with Crippen molar-refractivity contribution in [1.29, 1.82) is 0 Å². The molecule has 1 aromatic heterocycles. The predicted octanol–water partition coefficient (Wildman–Crippen LogP) is 0.742. The fourth-order valence-electron chi connectivity index (χ4n) is 3.33. The molecule has 2 aliphatic rings. The molecule has 0 bridgehead atoms. The molecule has 2 saturated heterocycles. The van der Waals surface area contributed by atoms with Crippen molar-refractivity contribution in [3.8, 4) is 0 Å². The lowest BCUT2D eigenvalue weighted by atomic mass is 9.94. The third-order valence-electron chi connectivity index (χ3n) is 4.63. The van der Waals surface area contributed by atoms with E-state index >= 15 is 0 Å². The summed E-state index contributed by atoms with van der Waals surface area (Å²) in [6.07, 6.45) is 6.90. The van der Waals surface area contributed by atoms with Crippen molar-refractivity contribution in [2.24, 2.45) is 5.92 Å². The van der Waals surface area contributed by atoms with E-state index in [9.17, 15) is 9.59 Å². The van der Waals surface area contributed by atoms with E-state index in [2.05, 4.69) is 5.10 Å². The zero-order valence-corrected chi connectivity index (χ0v) is 12.4. The van der Waals surface area contributed by atoms with Gasteiger partial charge in [0.15, 0.2) is 0 Å². The Bertz CT molecular complexity index is 514. The number of aromatic nitrogens is 2. The average Bonchev–Trinajstić information content (AvgIpc) is 3.13. The minimum atomic E-state index is -0.132. The van der Waals surface area contributed by atoms with E-state index in [0.717, 1.165) is 32.4 Å². The maximum absolute atomic E-state index is 12.7. The van der Waals surface area contributed by atoms with Gasteiger partial charge in [-0.05, 0) is 25.3 Å². The summed E-state index contributed by atoms with van der Waals surface area (Å²) in [5.74, 6) is 0.112. The molecule has 2 amide bonds. The van der Waals surface area contributed by atoms with Gasteiger partial charge in [-0.3, -0.25) is 14.3 Å². The van der Waals surface area contributed by atoms with E-state index in [4.69, 9.17) is 0 Å². The summed E-state index contributed by atoms with van der Waals surface area (Å²) in [6, 6.07) is 2.11. The topological polar surface area (TPSA) is 58.4 Å². The van der Waals surface area contributed by atoms with Gasteiger partial charge in [-0.15, -0.1) is 0 Å². The number of carbonyl (C=O) groups is 2. The largest absolute Gasteiger partial charge is 0.346 e. The second-order valence-corrected chi connectivity index (χ2v) is 6.06. The second-order valence-electron chi connectivity index (χ2n) is 6.06. The van der Waals surface area contributed by atoms with Crippen LogP contribution < -0.4 is 0 Å². The summed E-state index contributed by atoms with van der Waals surface area (Å²) >= 11 is 0. The molecule has 21 heavy (non-hydrogen) atoms. The molecule has 114 valence electrons. The zero-order chi connectivity index (χ0) is 14.8. The van der Waals surface area contributed by atoms with Crippen LogP contribution in [-0.2, 0) is 16.1 Å². The number of piperidine rings is 1. The van der Waals surface area contributed by atoms with Crippen LogP contribution in [0.1, 0.15) is 25.7 Å². The van der Waals surface area contributed by atoms with Gasteiger partial charge in [0.1, 0.15) is 0 Å². The van der Waals surface area contributed by atoms with Crippen molar-refractivity contribution < 1.29 is 9.59 Å². The van der Waals surface area contributed by atoms with Crippen molar-refractivity contribution in [2.45, 2.75) is 38.3 Å². The molecule has 6 nitrogen and oxygen atoms in total. The molecule has 1 aromatic rings. The molecule has 6 heteroatoms. The van der Waals surface area contributed by atoms with Crippen LogP contribution in [0.3, 0.4) is 0 Å². The number of carbonyl (C=O) groups excluding carboxylic acids is 2. The number of hydrogen-bond acceptors (Lipinski definition) is 3. The SMILES string of the molecule is CN1CC[C@H](C(=O)N2CCC[C@@H]2Cn2cccn2)CC1=O. The lowest BCUT2D eigenvalue weighted by Gasteiger charge is -2.33. The Morgan fingerprint density at radius 1 is 1.38 bits per heavy atom. The molecule has 0 N–H and O–H groups in total. The van der Waals surface area contributed by atoms with Gasteiger partial charge in [-0.25, -0.2) is 0 Å². The van der Waals surface area contributed by atoms with Gasteiger partial charge < -0.3 is 9.80 Å². The van der Waals surface area contributed by atoms with E-state index in [1.807, 2.05) is 21.8 Å². The quantitative estimate of drug-likeness (QED) is 0.825. The number of rotatable bonds is 3. The Kier molecular flexibility index (Phi) is 3.94. The fourth-order valence-corrected chi connectivity index (χ4v) is 3.33. The Labute approximate surface area is 124 Å². The van der Waals surface area contributed by atoms with Crippen LogP contribution in [0.4, 0.5) is 0 Å². The lowest BCUT2D eigenvalue weighted by molar-refractivity contribution is -0.145. The van der Waals surface area contributed by atoms with Gasteiger partial charge >= 0.3 is 0 Å². The molecule has 2 aliphatic heterocycles. The van der Waals surface area contributed by atoms with Crippen LogP contribution in [0, 0.1) is 5.92 Å². The molecular formula is C15H22N4O2. The van der Waals surface area contributed by atoms with Gasteiger partial charge in [0.2, 0.25) is 11.8 Å². The third kappa shape index (κ3) is 2.94. The van der Waals surface area contributed by atoms with E-state index in [1.165, 1.54) is 0 Å². The number of amides is 2. The monoisotopic (exact) mass is 290 g/mol. The number of hydrogen-bond donors (Lipinski definition) is 0. The molecule has 3 rings (SSSR count). The van der Waals surface area contributed by atoms with Gasteiger partial charge in [0.05, 0.1) is 12.6 Å². The summed E-state index contributed by atoms with van der Waals surface area (Å²) in [7, 11) is 1.80. The standard InChI is InChI=1S/C15H22N4O2/c1-17-9-5-12(10-14(17)20)15(21)19-8-2-4-13(19)11-18-7-3-6-16-18/h3,6-7,12-13H,2,4-5,8-11H2,1H3/t12-,13+/m0/s1. The van der Waals surface area contributed by atoms with Crippen molar-refractivity contribution in [3.05, 3.63) is 18.5 Å². The van der Waals surface area contributed by atoms with Crippen LogP contribution in [0.25, 0.3) is 0 Å². The van der Waals surface area contributed by atoms with Crippen LogP contribution in [0.2, 0.25) is 0 Å². The van der Waals surface area contributed by atoms with Gasteiger partial charge in [0.25, 0.3) is 0 Å². The molecule has 2 atom stereocenters. The molecule has 0 spiro atoms. The summed E-state index contributed by atoms with van der Waals surface area (Å²) in [4.78, 5) is 28.2. The highest BCUT2D eigenvalue weighted by molar-refractivity contribution is 5.87. The first-order valence-corrected chi connectivity index (χ1v) is 7.67. The van der Waals surface area contributed by atoms with Gasteiger partial charge in [-0.2, -0.15) is 5.10 Å². The minimum Gasteiger partial charge on any atom is -0.346 e. The minimum absolute atomic E-state index is 0.0856. The van der Waals surface area contributed by atoms with E-state index in [-0.39, 0.29) is 23.8 Å². The van der Waals surface area contributed by atoms with Crippen molar-refractivity contribution in [1.82, 2.24) is 19.6 Å². The Balaban J connectivity index is 1.64. The highest BCUT2D eigenvalue weighted by Gasteiger charge is 2.36. The highest BCUT2D eigenvalue weighted by atomic mass is 16.2. The van der Waals surface area contributed by atoms with Crippen LogP contribution in [-0.4, -0.2) is 57.6 Å². The molecule has 3 heterocycles. The number of likely N-dealkylation sites (tertiary alicyclic amines) is 2. The summed E-state index contributed by atoms with van der Waals surface area (Å²) in [5.41, 5.74) is 0. The first-order valence-electron chi connectivity index (χ1n) is 7.67. The normalized spacial score (nSPS) is 26.4. The van der Waals surface area contributed by atoms with Crippen LogP contribution >= 0.6 is 0 Å². The maximum atomic E-state index is 12.7. The van der Waals surface area contributed by atoms with Gasteiger partial charge in [-0.1, -0.05) is 0 Å². The summed E-state index contributed by atoms with van der Waals surface area (Å²) in [6.45, 7) is 2.25. The second kappa shape index (κ2) is 5.87. The smallest absolute Gasteiger partial charge is 0.226 e. The first kappa shape index (κ1) is 14.1. The van der Waals surface area contributed by atoms with E-state index in [0.29, 0.717) is 13.0 Å². The van der Waals surface area contributed by atoms with E-state index < -0.39 is 0 Å². The maximum Gasteiger partial charge on any atom is 0.226 e. The molecule has 0 aliphatic carbocycles. The molecule has 0 radical (unpaired) electrons. The zero-order valence-electron chi connectivity index (χ0n) is 12.4. The predicted molar refractivity (Wildman–Crippen MR) is 77.3 cm³/mol. The lowest BCUT2D eigenvalue weighted by Crippen LogP contribution is -2.46. The van der Waals surface area contributed by atoms with Crippen LogP contribution in [0.5, 0.6) is 0 Å². The average molecular weight is 290 g/mol. The van der Waals surface area contributed by atoms with Crippen molar-refractivity contribution in [2.75, 3.05) is 20.1 Å². The number of nitrogens with zero attached hydrogens (tertiary/aromatic N) is 4. The Hall–Kier alpha value is -1.85. The Morgan fingerprint density at radius 2 is 2.24 bits per heavy atom. The van der Waals surface area contributed by atoms with E-state index in [1.54, 1.807) is 18.1 Å². The van der Waals surface area contributed by atoms with Gasteiger partial charge in [0, 0.05) is 44.9 Å². The van der Waals surface area contributed by atoms with Crippen LogP contribution in [0.15, 0.2) is 18.5 Å². The van der Waals surface area contributed by atoms with Crippen molar-refractivity contribution in [3.63, 3.8) is 0 Å². The molecule has 2 fully saturated rings. The first-order chi connectivity index (χ1) is 10.1. The molecule has 0 aromatic carbocycles. The molecule has 0 unspecified atom stereocenters. The summed E-state index contributed by atoms with van der Waals surface area (Å²) < 4.78 is 1.88. The van der Waals surface area contributed by atoms with Crippen molar-refractivity contribution >= 4 is 11.8 Å². The highest BCUT2D eigenvalue weighted by Crippen LogP contribution is 2.26. The Morgan fingerprint density at radius 3 is 2.95 bits per heavy atom. The molecule has 0 saturated carbocycles. The molecular weight excluding hydrogens is 268 g/mol. The summed E-state index contributed by atoms with van der Waals surface area (Å²) in [5, 5.41) is 4.23.